The molecule has 0 fully saturated rings. The Kier molecular flexibility index (Phi) is 3.02. The smallest absolute Gasteiger partial charge is 0.115 e. The van der Waals surface area contributed by atoms with Crippen molar-refractivity contribution < 1.29 is 5.11 Å². The summed E-state index contributed by atoms with van der Waals surface area (Å²) in [4.78, 5) is 0. The zero-order valence-corrected chi connectivity index (χ0v) is 9.41. The average molecular weight is 234 g/mol. The second-order valence-electron chi connectivity index (χ2n) is 3.69. The third-order valence-corrected chi connectivity index (χ3v) is 2.67. The van der Waals surface area contributed by atoms with Crippen molar-refractivity contribution in [1.82, 2.24) is 0 Å². The van der Waals surface area contributed by atoms with Crippen LogP contribution in [0, 0.1) is 0 Å². The molecular formula is C13H12ClNO. The molecule has 2 nitrogen and oxygen atoms in total. The van der Waals surface area contributed by atoms with E-state index in [1.165, 1.54) is 0 Å². The predicted octanol–water partition coefficient (Wildman–Crippen LogP) is 3.22. The van der Waals surface area contributed by atoms with Crippen LogP contribution in [-0.4, -0.2) is 5.11 Å². The highest BCUT2D eigenvalue weighted by molar-refractivity contribution is 6.30. The van der Waals surface area contributed by atoms with Gasteiger partial charge in [0.25, 0.3) is 0 Å². The number of hydrogen-bond acceptors (Lipinski definition) is 2. The van der Waals surface area contributed by atoms with Crippen molar-refractivity contribution in [2.24, 2.45) is 0 Å². The Morgan fingerprint density at radius 3 is 2.38 bits per heavy atom. The Morgan fingerprint density at radius 2 is 1.75 bits per heavy atom. The fraction of sp³-hybridized carbons (Fsp3) is 0.0769. The van der Waals surface area contributed by atoms with Gasteiger partial charge in [-0.2, -0.15) is 0 Å². The van der Waals surface area contributed by atoms with E-state index in [2.05, 4.69) is 0 Å². The number of hydrogen-bond donors (Lipinski definition) is 2. The number of halogens is 1. The SMILES string of the molecule is Nc1cc(Cl)ccc1Cc1ccc(O)cc1. The van der Waals surface area contributed by atoms with Crippen molar-refractivity contribution in [1.29, 1.82) is 0 Å². The first kappa shape index (κ1) is 10.8. The summed E-state index contributed by atoms with van der Waals surface area (Å²) in [7, 11) is 0. The number of anilines is 1. The number of benzene rings is 2. The maximum atomic E-state index is 9.17. The van der Waals surface area contributed by atoms with E-state index in [-0.39, 0.29) is 5.75 Å². The number of rotatable bonds is 2. The molecule has 0 bridgehead atoms. The third kappa shape index (κ3) is 2.47. The summed E-state index contributed by atoms with van der Waals surface area (Å²) < 4.78 is 0. The minimum atomic E-state index is 0.271. The Balaban J connectivity index is 2.23. The summed E-state index contributed by atoms with van der Waals surface area (Å²) in [5.74, 6) is 0.271. The van der Waals surface area contributed by atoms with Gasteiger partial charge in [-0.05, 0) is 41.8 Å². The second kappa shape index (κ2) is 4.45. The van der Waals surface area contributed by atoms with E-state index < -0.39 is 0 Å². The Morgan fingerprint density at radius 1 is 1.06 bits per heavy atom. The van der Waals surface area contributed by atoms with Gasteiger partial charge in [0.2, 0.25) is 0 Å². The van der Waals surface area contributed by atoms with E-state index >= 15 is 0 Å². The molecule has 2 rings (SSSR count). The molecule has 0 unspecified atom stereocenters. The summed E-state index contributed by atoms with van der Waals surface area (Å²) in [6.45, 7) is 0. The molecule has 0 radical (unpaired) electrons. The first-order valence-electron chi connectivity index (χ1n) is 4.97. The van der Waals surface area contributed by atoms with Crippen LogP contribution >= 0.6 is 11.6 Å². The molecule has 0 aliphatic rings. The van der Waals surface area contributed by atoms with E-state index in [9.17, 15) is 5.11 Å². The molecule has 0 saturated heterocycles. The van der Waals surface area contributed by atoms with Crippen LogP contribution in [0.5, 0.6) is 5.75 Å². The van der Waals surface area contributed by atoms with Crippen LogP contribution in [0.2, 0.25) is 5.02 Å². The first-order valence-corrected chi connectivity index (χ1v) is 5.35. The van der Waals surface area contributed by atoms with Crippen molar-refractivity contribution in [2.75, 3.05) is 5.73 Å². The van der Waals surface area contributed by atoms with E-state index in [1.807, 2.05) is 24.3 Å². The molecule has 3 N–H and O–H groups in total. The van der Waals surface area contributed by atoms with Crippen LogP contribution in [0.25, 0.3) is 0 Å². The highest BCUT2D eigenvalue weighted by Gasteiger charge is 2.01. The van der Waals surface area contributed by atoms with Gasteiger partial charge in [-0.1, -0.05) is 29.8 Å². The molecular weight excluding hydrogens is 222 g/mol. The van der Waals surface area contributed by atoms with Crippen LogP contribution < -0.4 is 5.73 Å². The van der Waals surface area contributed by atoms with Gasteiger partial charge in [0.05, 0.1) is 0 Å². The molecule has 0 aliphatic heterocycles. The summed E-state index contributed by atoms with van der Waals surface area (Å²) in [6, 6.07) is 12.6. The summed E-state index contributed by atoms with van der Waals surface area (Å²) in [5, 5.41) is 9.82. The maximum Gasteiger partial charge on any atom is 0.115 e. The monoisotopic (exact) mass is 233 g/mol. The molecule has 0 aliphatic carbocycles. The van der Waals surface area contributed by atoms with E-state index in [0.29, 0.717) is 10.7 Å². The van der Waals surface area contributed by atoms with Crippen molar-refractivity contribution >= 4 is 17.3 Å². The molecule has 0 atom stereocenters. The number of nitrogens with two attached hydrogens (primary N) is 1. The van der Waals surface area contributed by atoms with Gasteiger partial charge in [-0.15, -0.1) is 0 Å². The fourth-order valence-electron chi connectivity index (χ4n) is 1.56. The third-order valence-electron chi connectivity index (χ3n) is 2.44. The number of phenolic OH excluding ortho intramolecular Hbond substituents is 1. The van der Waals surface area contributed by atoms with Gasteiger partial charge in [0.1, 0.15) is 5.75 Å². The molecule has 0 spiro atoms. The van der Waals surface area contributed by atoms with Crippen LogP contribution in [-0.2, 0) is 6.42 Å². The molecule has 0 saturated carbocycles. The molecule has 0 heterocycles. The van der Waals surface area contributed by atoms with Gasteiger partial charge in [0.15, 0.2) is 0 Å². The standard InChI is InChI=1S/C13H12ClNO/c14-11-4-3-10(13(15)8-11)7-9-1-5-12(16)6-2-9/h1-6,8,16H,7,15H2. The van der Waals surface area contributed by atoms with E-state index in [1.54, 1.807) is 18.2 Å². The lowest BCUT2D eigenvalue weighted by Gasteiger charge is -2.06. The minimum Gasteiger partial charge on any atom is -0.508 e. The van der Waals surface area contributed by atoms with Crippen molar-refractivity contribution in [3.63, 3.8) is 0 Å². The van der Waals surface area contributed by atoms with E-state index in [0.717, 1.165) is 17.5 Å². The first-order chi connectivity index (χ1) is 7.65. The Bertz CT molecular complexity index is 494. The topological polar surface area (TPSA) is 46.2 Å². The lowest BCUT2D eigenvalue weighted by molar-refractivity contribution is 0.475. The second-order valence-corrected chi connectivity index (χ2v) is 4.12. The van der Waals surface area contributed by atoms with Crippen molar-refractivity contribution in [3.05, 3.63) is 58.6 Å². The van der Waals surface area contributed by atoms with Crippen LogP contribution in [0.15, 0.2) is 42.5 Å². The Labute approximate surface area is 99.3 Å². The molecule has 16 heavy (non-hydrogen) atoms. The number of aromatic hydroxyl groups is 1. The summed E-state index contributed by atoms with van der Waals surface area (Å²) >= 11 is 5.83. The normalized spacial score (nSPS) is 10.3. The van der Waals surface area contributed by atoms with Crippen molar-refractivity contribution in [3.8, 4) is 5.75 Å². The minimum absolute atomic E-state index is 0.271. The lowest BCUT2D eigenvalue weighted by Crippen LogP contribution is -1.95. The largest absolute Gasteiger partial charge is 0.508 e. The summed E-state index contributed by atoms with van der Waals surface area (Å²) in [5.41, 5.74) is 8.70. The van der Waals surface area contributed by atoms with Gasteiger partial charge in [-0.25, -0.2) is 0 Å². The molecule has 2 aromatic carbocycles. The molecule has 82 valence electrons. The van der Waals surface area contributed by atoms with Crippen LogP contribution in [0.1, 0.15) is 11.1 Å². The highest BCUT2D eigenvalue weighted by atomic mass is 35.5. The fourth-order valence-corrected chi connectivity index (χ4v) is 1.74. The zero-order chi connectivity index (χ0) is 11.5. The average Bonchev–Trinajstić information content (AvgIpc) is 2.25. The van der Waals surface area contributed by atoms with Gasteiger partial charge in [-0.3, -0.25) is 0 Å². The predicted molar refractivity (Wildman–Crippen MR) is 66.8 cm³/mol. The molecule has 0 aromatic heterocycles. The zero-order valence-electron chi connectivity index (χ0n) is 8.65. The van der Waals surface area contributed by atoms with Gasteiger partial charge >= 0.3 is 0 Å². The molecule has 2 aromatic rings. The van der Waals surface area contributed by atoms with Crippen LogP contribution in [0.3, 0.4) is 0 Å². The summed E-state index contributed by atoms with van der Waals surface area (Å²) in [6.07, 6.45) is 0.739. The van der Waals surface area contributed by atoms with Crippen molar-refractivity contribution in [2.45, 2.75) is 6.42 Å². The molecule has 0 amide bonds. The van der Waals surface area contributed by atoms with E-state index in [4.69, 9.17) is 17.3 Å². The van der Waals surface area contributed by atoms with Gasteiger partial charge < -0.3 is 10.8 Å². The Hall–Kier alpha value is -1.67. The maximum absolute atomic E-state index is 9.17. The highest BCUT2D eigenvalue weighted by Crippen LogP contribution is 2.21. The quantitative estimate of drug-likeness (QED) is 0.783. The van der Waals surface area contributed by atoms with Gasteiger partial charge in [0, 0.05) is 10.7 Å². The number of phenols is 1. The molecule has 3 heteroatoms. The van der Waals surface area contributed by atoms with Crippen LogP contribution in [0.4, 0.5) is 5.69 Å². The number of nitrogen functional groups attached to an aromatic ring is 1. The lowest BCUT2D eigenvalue weighted by atomic mass is 10.0.